The fourth-order valence-electron chi connectivity index (χ4n) is 3.50. The summed E-state index contributed by atoms with van der Waals surface area (Å²) in [6.45, 7) is 2.26. The Kier molecular flexibility index (Phi) is 4.18. The normalized spacial score (nSPS) is 25.4. The van der Waals surface area contributed by atoms with Crippen LogP contribution in [0.4, 0.5) is 4.39 Å². The van der Waals surface area contributed by atoms with Crippen molar-refractivity contribution in [3.8, 4) is 5.75 Å². The average molecular weight is 293 g/mol. The summed E-state index contributed by atoms with van der Waals surface area (Å²) in [5.41, 5.74) is 6.63. The number of nitrogens with two attached hydrogens (primary N) is 1. The van der Waals surface area contributed by atoms with E-state index in [1.165, 1.54) is 31.7 Å². The number of hydrogen-bond acceptors (Lipinski definition) is 3. The van der Waals surface area contributed by atoms with E-state index in [0.717, 1.165) is 18.4 Å². The molecule has 1 aliphatic carbocycles. The molecule has 1 saturated carbocycles. The predicted octanol–water partition coefficient (Wildman–Crippen LogP) is 3.72. The molecule has 2 N–H and O–H groups in total. The van der Waals surface area contributed by atoms with Crippen LogP contribution in [0.1, 0.15) is 57.1 Å². The second-order valence-corrected chi connectivity index (χ2v) is 6.46. The fourth-order valence-corrected chi connectivity index (χ4v) is 3.50. The van der Waals surface area contributed by atoms with E-state index in [2.05, 4.69) is 0 Å². The van der Waals surface area contributed by atoms with Crippen LogP contribution in [-0.4, -0.2) is 18.3 Å². The lowest BCUT2D eigenvalue weighted by atomic mass is 9.98. The van der Waals surface area contributed by atoms with E-state index in [-0.39, 0.29) is 29.3 Å². The Bertz CT molecular complexity index is 498. The summed E-state index contributed by atoms with van der Waals surface area (Å²) in [5, 5.41) is 0. The molecule has 1 saturated heterocycles. The van der Waals surface area contributed by atoms with E-state index in [4.69, 9.17) is 15.2 Å². The molecule has 1 aliphatic heterocycles. The van der Waals surface area contributed by atoms with Crippen molar-refractivity contribution in [2.45, 2.75) is 63.2 Å². The van der Waals surface area contributed by atoms with Crippen LogP contribution in [0.5, 0.6) is 5.75 Å². The molecule has 1 aromatic rings. The topological polar surface area (TPSA) is 44.5 Å². The molecule has 21 heavy (non-hydrogen) atoms. The lowest BCUT2D eigenvalue weighted by Gasteiger charge is -2.23. The SMILES string of the molecule is C[C@@H](N)c1ccc(OCC2CCC3(CCCC3)O2)c(F)c1. The molecule has 2 atom stereocenters. The zero-order valence-electron chi connectivity index (χ0n) is 12.6. The van der Waals surface area contributed by atoms with Crippen molar-refractivity contribution >= 4 is 0 Å². The summed E-state index contributed by atoms with van der Waals surface area (Å²) < 4.78 is 25.7. The van der Waals surface area contributed by atoms with Crippen LogP contribution in [-0.2, 0) is 4.74 Å². The summed E-state index contributed by atoms with van der Waals surface area (Å²) in [7, 11) is 0. The third-order valence-electron chi connectivity index (χ3n) is 4.76. The second kappa shape index (κ2) is 5.93. The Morgan fingerprint density at radius 2 is 2.14 bits per heavy atom. The van der Waals surface area contributed by atoms with Crippen molar-refractivity contribution in [3.05, 3.63) is 29.6 Å². The quantitative estimate of drug-likeness (QED) is 0.920. The van der Waals surface area contributed by atoms with Gasteiger partial charge >= 0.3 is 0 Å². The van der Waals surface area contributed by atoms with Crippen LogP contribution in [0.3, 0.4) is 0 Å². The summed E-state index contributed by atoms with van der Waals surface area (Å²) in [5.74, 6) is -0.0613. The van der Waals surface area contributed by atoms with Crippen LogP contribution in [0.25, 0.3) is 0 Å². The van der Waals surface area contributed by atoms with Crippen LogP contribution in [0, 0.1) is 5.82 Å². The summed E-state index contributed by atoms with van der Waals surface area (Å²) >= 11 is 0. The first-order chi connectivity index (χ1) is 10.1. The van der Waals surface area contributed by atoms with E-state index in [9.17, 15) is 4.39 Å². The highest BCUT2D eigenvalue weighted by atomic mass is 19.1. The second-order valence-electron chi connectivity index (χ2n) is 6.46. The van der Waals surface area contributed by atoms with E-state index >= 15 is 0 Å². The number of benzene rings is 1. The van der Waals surface area contributed by atoms with Crippen LogP contribution in [0.15, 0.2) is 18.2 Å². The third-order valence-corrected chi connectivity index (χ3v) is 4.76. The van der Waals surface area contributed by atoms with Crippen LogP contribution < -0.4 is 10.5 Å². The molecule has 116 valence electrons. The van der Waals surface area contributed by atoms with Gasteiger partial charge in [0.25, 0.3) is 0 Å². The first kappa shape index (κ1) is 14.8. The van der Waals surface area contributed by atoms with Gasteiger partial charge in [-0.25, -0.2) is 4.39 Å². The molecule has 1 aromatic carbocycles. The number of ether oxygens (including phenoxy) is 2. The Morgan fingerprint density at radius 1 is 1.38 bits per heavy atom. The minimum absolute atomic E-state index is 0.0932. The zero-order valence-corrected chi connectivity index (χ0v) is 12.6. The molecular formula is C17H24FNO2. The van der Waals surface area contributed by atoms with Crippen molar-refractivity contribution in [2.24, 2.45) is 5.73 Å². The maximum atomic E-state index is 14.0. The molecule has 3 rings (SSSR count). The van der Waals surface area contributed by atoms with Crippen LogP contribution >= 0.6 is 0 Å². The Labute approximate surface area is 125 Å². The molecule has 1 spiro atoms. The molecule has 0 radical (unpaired) electrons. The van der Waals surface area contributed by atoms with E-state index in [1.807, 2.05) is 13.0 Å². The summed E-state index contributed by atoms with van der Waals surface area (Å²) in [6.07, 6.45) is 7.09. The van der Waals surface area contributed by atoms with Gasteiger partial charge < -0.3 is 15.2 Å². The van der Waals surface area contributed by atoms with Gasteiger partial charge in [0.1, 0.15) is 6.61 Å². The van der Waals surface area contributed by atoms with Crippen molar-refractivity contribution in [1.29, 1.82) is 0 Å². The smallest absolute Gasteiger partial charge is 0.165 e. The van der Waals surface area contributed by atoms with Crippen molar-refractivity contribution in [2.75, 3.05) is 6.61 Å². The highest BCUT2D eigenvalue weighted by molar-refractivity contribution is 5.30. The lowest BCUT2D eigenvalue weighted by molar-refractivity contribution is -0.0512. The maximum absolute atomic E-state index is 14.0. The van der Waals surface area contributed by atoms with Crippen molar-refractivity contribution < 1.29 is 13.9 Å². The van der Waals surface area contributed by atoms with Gasteiger partial charge in [0, 0.05) is 6.04 Å². The number of rotatable bonds is 4. The molecule has 0 aromatic heterocycles. The predicted molar refractivity (Wildman–Crippen MR) is 79.8 cm³/mol. The van der Waals surface area contributed by atoms with Gasteiger partial charge in [-0.1, -0.05) is 18.9 Å². The summed E-state index contributed by atoms with van der Waals surface area (Å²) in [6, 6.07) is 4.76. The Morgan fingerprint density at radius 3 is 2.81 bits per heavy atom. The molecule has 3 nitrogen and oxygen atoms in total. The number of halogens is 1. The first-order valence-electron chi connectivity index (χ1n) is 7.94. The van der Waals surface area contributed by atoms with Gasteiger partial charge in [-0.3, -0.25) is 0 Å². The van der Waals surface area contributed by atoms with Gasteiger partial charge in [0.05, 0.1) is 11.7 Å². The molecule has 0 bridgehead atoms. The molecule has 0 amide bonds. The average Bonchev–Trinajstić information content (AvgIpc) is 3.08. The van der Waals surface area contributed by atoms with E-state index in [1.54, 1.807) is 6.07 Å². The van der Waals surface area contributed by atoms with Gasteiger partial charge in [-0.2, -0.15) is 0 Å². The third kappa shape index (κ3) is 3.22. The van der Waals surface area contributed by atoms with E-state index < -0.39 is 0 Å². The Balaban J connectivity index is 1.56. The lowest BCUT2D eigenvalue weighted by Crippen LogP contribution is -2.27. The maximum Gasteiger partial charge on any atom is 0.165 e. The van der Waals surface area contributed by atoms with Gasteiger partial charge in [-0.05, 0) is 50.3 Å². The molecule has 1 unspecified atom stereocenters. The molecular weight excluding hydrogens is 269 g/mol. The van der Waals surface area contributed by atoms with E-state index in [0.29, 0.717) is 6.61 Å². The summed E-state index contributed by atoms with van der Waals surface area (Å²) in [4.78, 5) is 0. The molecule has 4 heteroatoms. The molecule has 2 aliphatic rings. The van der Waals surface area contributed by atoms with Gasteiger partial charge in [0.2, 0.25) is 0 Å². The van der Waals surface area contributed by atoms with Gasteiger partial charge in [-0.15, -0.1) is 0 Å². The van der Waals surface area contributed by atoms with Crippen molar-refractivity contribution in [1.82, 2.24) is 0 Å². The highest BCUT2D eigenvalue weighted by Crippen LogP contribution is 2.43. The minimum atomic E-state index is -0.349. The van der Waals surface area contributed by atoms with Crippen LogP contribution in [0.2, 0.25) is 0 Å². The molecule has 1 heterocycles. The largest absolute Gasteiger partial charge is 0.488 e. The van der Waals surface area contributed by atoms with Gasteiger partial charge in [0.15, 0.2) is 11.6 Å². The zero-order chi connectivity index (χ0) is 14.9. The monoisotopic (exact) mass is 293 g/mol. The fraction of sp³-hybridized carbons (Fsp3) is 0.647. The Hall–Kier alpha value is -1.13. The molecule has 2 fully saturated rings. The first-order valence-corrected chi connectivity index (χ1v) is 7.94. The number of hydrogen-bond donors (Lipinski definition) is 1. The standard InChI is InChI=1S/C17H24FNO2/c1-12(19)13-4-5-16(15(18)10-13)20-11-14-6-9-17(21-14)7-2-3-8-17/h4-5,10,12,14H,2-3,6-9,11,19H2,1H3/t12-,14?/m1/s1. The minimum Gasteiger partial charge on any atom is -0.488 e. The van der Waals surface area contributed by atoms with Crippen molar-refractivity contribution in [3.63, 3.8) is 0 Å². The highest BCUT2D eigenvalue weighted by Gasteiger charge is 2.42.